The zero-order valence-electron chi connectivity index (χ0n) is 32.2. The highest BCUT2D eigenvalue weighted by Gasteiger charge is 2.26. The minimum atomic E-state index is -4.33. The first kappa shape index (κ1) is 48.2. The van der Waals surface area contributed by atoms with Gasteiger partial charge in [-0.15, -0.1) is 0 Å². The van der Waals surface area contributed by atoms with Gasteiger partial charge in [0.2, 0.25) is 5.91 Å². The van der Waals surface area contributed by atoms with Gasteiger partial charge in [-0.1, -0.05) is 193 Å². The topological polar surface area (TPSA) is 131 Å². The molecule has 0 bridgehead atoms. The third-order valence-corrected chi connectivity index (χ3v) is 10.3. The number of amides is 1. The zero-order valence-corrected chi connectivity index (χ0v) is 33.1. The van der Waals surface area contributed by atoms with E-state index in [1.807, 2.05) is 6.08 Å². The van der Waals surface area contributed by atoms with E-state index in [1.165, 1.54) is 148 Å². The Labute approximate surface area is 303 Å². The van der Waals surface area contributed by atoms with E-state index in [0.717, 1.165) is 38.5 Å². The van der Waals surface area contributed by atoms with Crippen molar-refractivity contribution in [3.05, 3.63) is 12.2 Å². The maximum Gasteiger partial charge on any atom is 0.472 e. The Morgan fingerprint density at radius 3 is 1.45 bits per heavy atom. The summed E-state index contributed by atoms with van der Waals surface area (Å²) < 4.78 is 22.1. The quantitative estimate of drug-likeness (QED) is 0.0283. The van der Waals surface area contributed by atoms with Gasteiger partial charge in [-0.25, -0.2) is 4.57 Å². The molecular weight excluding hydrogens is 635 g/mol. The summed E-state index contributed by atoms with van der Waals surface area (Å²) in [5, 5.41) is 13.6. The predicted octanol–water partition coefficient (Wildman–Crippen LogP) is 11.2. The number of aliphatic hydroxyl groups is 1. The van der Waals surface area contributed by atoms with Gasteiger partial charge in [0.25, 0.3) is 0 Å². The predicted molar refractivity (Wildman–Crippen MR) is 208 cm³/mol. The summed E-state index contributed by atoms with van der Waals surface area (Å²) >= 11 is 0. The van der Waals surface area contributed by atoms with E-state index in [-0.39, 0.29) is 25.7 Å². The van der Waals surface area contributed by atoms with E-state index in [1.54, 1.807) is 6.08 Å². The van der Waals surface area contributed by atoms with Crippen LogP contribution in [0.3, 0.4) is 0 Å². The molecule has 5 N–H and O–H groups in total. The number of unbranched alkanes of at least 4 members (excludes halogenated alkanes) is 27. The summed E-state index contributed by atoms with van der Waals surface area (Å²) in [6.45, 7) is 4.15. The summed E-state index contributed by atoms with van der Waals surface area (Å²) in [6, 6.07) is -0.853. The Kier molecular flexibility index (Phi) is 36.4. The van der Waals surface area contributed by atoms with Crippen LogP contribution < -0.4 is 11.1 Å². The lowest BCUT2D eigenvalue weighted by molar-refractivity contribution is -0.123. The van der Waals surface area contributed by atoms with Gasteiger partial charge in [-0.05, 0) is 19.3 Å². The molecule has 3 atom stereocenters. The fourth-order valence-corrected chi connectivity index (χ4v) is 6.95. The van der Waals surface area contributed by atoms with Crippen molar-refractivity contribution in [2.24, 2.45) is 5.73 Å². The van der Waals surface area contributed by atoms with Gasteiger partial charge in [-0.3, -0.25) is 13.8 Å². The molecule has 0 heterocycles. The molecule has 1 amide bonds. The number of carbonyl (C=O) groups excluding carboxylic acids is 1. The van der Waals surface area contributed by atoms with Crippen molar-refractivity contribution >= 4 is 13.7 Å². The van der Waals surface area contributed by atoms with Gasteiger partial charge < -0.3 is 21.1 Å². The lowest BCUT2D eigenvalue weighted by atomic mass is 10.0. The van der Waals surface area contributed by atoms with Gasteiger partial charge in [0.05, 0.1) is 25.4 Å². The first-order valence-corrected chi connectivity index (χ1v) is 22.3. The lowest BCUT2D eigenvalue weighted by Crippen LogP contribution is -2.45. The number of carbonyl (C=O) groups is 1. The molecular formula is C40H81N2O6P. The molecule has 49 heavy (non-hydrogen) atoms. The van der Waals surface area contributed by atoms with Crippen LogP contribution >= 0.6 is 7.82 Å². The minimum Gasteiger partial charge on any atom is -0.387 e. The van der Waals surface area contributed by atoms with Crippen molar-refractivity contribution < 1.29 is 28.4 Å². The van der Waals surface area contributed by atoms with E-state index in [9.17, 15) is 19.4 Å². The number of aliphatic hydroxyl groups excluding tert-OH is 1. The van der Waals surface area contributed by atoms with E-state index in [4.69, 9.17) is 14.8 Å². The highest BCUT2D eigenvalue weighted by atomic mass is 31.2. The second-order valence-electron chi connectivity index (χ2n) is 14.2. The van der Waals surface area contributed by atoms with Gasteiger partial charge >= 0.3 is 7.82 Å². The molecule has 0 spiro atoms. The van der Waals surface area contributed by atoms with Gasteiger partial charge in [-0.2, -0.15) is 0 Å². The van der Waals surface area contributed by atoms with Crippen LogP contribution in [-0.4, -0.2) is 47.8 Å². The Morgan fingerprint density at radius 2 is 1.04 bits per heavy atom. The van der Waals surface area contributed by atoms with Crippen molar-refractivity contribution in [1.82, 2.24) is 5.32 Å². The Balaban J connectivity index is 4.22. The van der Waals surface area contributed by atoms with Crippen LogP contribution in [0.2, 0.25) is 0 Å². The van der Waals surface area contributed by atoms with Crippen molar-refractivity contribution in [3.8, 4) is 0 Å². The van der Waals surface area contributed by atoms with Crippen molar-refractivity contribution in [1.29, 1.82) is 0 Å². The molecule has 0 saturated carbocycles. The molecule has 1 unspecified atom stereocenters. The molecule has 8 nitrogen and oxygen atoms in total. The highest BCUT2D eigenvalue weighted by Crippen LogP contribution is 2.43. The summed E-state index contributed by atoms with van der Waals surface area (Å²) in [7, 11) is -4.33. The molecule has 0 saturated heterocycles. The number of phosphoric ester groups is 1. The largest absolute Gasteiger partial charge is 0.472 e. The number of phosphoric acid groups is 1. The molecule has 0 aliphatic rings. The molecule has 0 rings (SSSR count). The first-order valence-electron chi connectivity index (χ1n) is 20.8. The van der Waals surface area contributed by atoms with Crippen LogP contribution in [0.15, 0.2) is 12.2 Å². The molecule has 9 heteroatoms. The summed E-state index contributed by atoms with van der Waals surface area (Å²) in [6.07, 6.45) is 39.6. The Bertz CT molecular complexity index is 784. The second kappa shape index (κ2) is 37.0. The zero-order chi connectivity index (χ0) is 36.1. The van der Waals surface area contributed by atoms with Crippen molar-refractivity contribution in [2.45, 2.75) is 219 Å². The molecule has 0 aliphatic heterocycles. The highest BCUT2D eigenvalue weighted by molar-refractivity contribution is 7.47. The molecule has 0 fully saturated rings. The third kappa shape index (κ3) is 35.4. The number of hydrogen-bond donors (Lipinski definition) is 4. The second-order valence-corrected chi connectivity index (χ2v) is 15.7. The van der Waals surface area contributed by atoms with E-state index < -0.39 is 20.0 Å². The van der Waals surface area contributed by atoms with Crippen LogP contribution in [0.1, 0.15) is 206 Å². The fourth-order valence-electron chi connectivity index (χ4n) is 6.19. The van der Waals surface area contributed by atoms with Crippen LogP contribution in [0.25, 0.3) is 0 Å². The first-order chi connectivity index (χ1) is 23.9. The Hall–Kier alpha value is -0.760. The maximum atomic E-state index is 12.7. The van der Waals surface area contributed by atoms with Gasteiger partial charge in [0.15, 0.2) is 0 Å². The number of nitrogens with one attached hydrogen (secondary N) is 1. The average molecular weight is 717 g/mol. The van der Waals surface area contributed by atoms with Gasteiger partial charge in [0, 0.05) is 13.0 Å². The lowest BCUT2D eigenvalue weighted by Gasteiger charge is -2.23. The normalized spacial score (nSPS) is 14.3. The minimum absolute atomic E-state index is 0.0812. The number of allylic oxidation sites excluding steroid dienone is 1. The summed E-state index contributed by atoms with van der Waals surface area (Å²) in [4.78, 5) is 22.6. The number of rotatable bonds is 39. The van der Waals surface area contributed by atoms with Crippen LogP contribution in [0, 0.1) is 0 Å². The molecule has 0 radical (unpaired) electrons. The SMILES string of the molecule is CCCCCCCCCCCCCC/C=C/[C@@H](O)[C@H](COP(=O)(O)OCCN)NC(=O)CCCCCCCCCCCCCCCCCC. The molecule has 292 valence electrons. The fraction of sp³-hybridized carbons (Fsp3) is 0.925. The number of nitrogens with two attached hydrogens (primary N) is 1. The number of hydrogen-bond acceptors (Lipinski definition) is 6. The summed E-state index contributed by atoms with van der Waals surface area (Å²) in [5.74, 6) is -0.192. The molecule has 0 aliphatic carbocycles. The van der Waals surface area contributed by atoms with Crippen LogP contribution in [0.4, 0.5) is 0 Å². The maximum absolute atomic E-state index is 12.7. The van der Waals surface area contributed by atoms with Gasteiger partial charge in [0.1, 0.15) is 0 Å². The van der Waals surface area contributed by atoms with E-state index in [2.05, 4.69) is 19.2 Å². The van der Waals surface area contributed by atoms with Crippen LogP contribution in [-0.2, 0) is 18.4 Å². The third-order valence-electron chi connectivity index (χ3n) is 9.36. The molecule has 0 aromatic heterocycles. The Morgan fingerprint density at radius 1 is 0.653 bits per heavy atom. The van der Waals surface area contributed by atoms with E-state index >= 15 is 0 Å². The van der Waals surface area contributed by atoms with Crippen LogP contribution in [0.5, 0.6) is 0 Å². The smallest absolute Gasteiger partial charge is 0.387 e. The van der Waals surface area contributed by atoms with Crippen molar-refractivity contribution in [3.63, 3.8) is 0 Å². The average Bonchev–Trinajstić information content (AvgIpc) is 3.09. The monoisotopic (exact) mass is 717 g/mol. The summed E-state index contributed by atoms with van der Waals surface area (Å²) in [5.41, 5.74) is 5.36. The molecule has 0 aromatic rings. The molecule has 0 aromatic carbocycles. The van der Waals surface area contributed by atoms with E-state index in [0.29, 0.717) is 6.42 Å². The van der Waals surface area contributed by atoms with Crippen molar-refractivity contribution in [2.75, 3.05) is 19.8 Å². The standard InChI is InChI=1S/C40H81N2O6P/c1-3-5-7-9-11-13-15-17-19-20-22-24-26-28-30-32-34-40(44)42-38(37-48-49(45,46)47-36-35-41)39(43)33-31-29-27-25-23-21-18-16-14-12-10-8-6-4-2/h31,33,38-39,43H,3-30,32,34-37,41H2,1-2H3,(H,42,44)(H,45,46)/b33-31+/t38-,39+/m0/s1.